The summed E-state index contributed by atoms with van der Waals surface area (Å²) in [6, 6.07) is 23.5. The van der Waals surface area contributed by atoms with Gasteiger partial charge in [0.25, 0.3) is 0 Å². The summed E-state index contributed by atoms with van der Waals surface area (Å²) in [5.74, 6) is 0. The lowest BCUT2D eigenvalue weighted by molar-refractivity contribution is 1.04. The molecule has 1 aromatic heterocycles. The van der Waals surface area contributed by atoms with Crippen LogP contribution in [0, 0.1) is 6.92 Å². The summed E-state index contributed by atoms with van der Waals surface area (Å²) >= 11 is 0. The maximum absolute atomic E-state index is 4.95. The Balaban J connectivity index is 1.87. The third-order valence-corrected chi connectivity index (χ3v) is 4.57. The second-order valence-corrected chi connectivity index (χ2v) is 6.50. The van der Waals surface area contributed by atoms with E-state index in [2.05, 4.69) is 85.8 Å². The van der Waals surface area contributed by atoms with E-state index in [4.69, 9.17) is 4.98 Å². The average Bonchev–Trinajstić information content (AvgIpc) is 2.69. The summed E-state index contributed by atoms with van der Waals surface area (Å²) in [6.45, 7) is 2.12. The number of nitrogens with zero attached hydrogens (tertiary/aromatic N) is 1. The fourth-order valence-electron chi connectivity index (χ4n) is 3.15. The molecule has 1 heteroatoms. The summed E-state index contributed by atoms with van der Waals surface area (Å²) in [5, 5.41) is 0. The SMILES string of the molecule is Cc1ccc(-c2cc(C3=CCCC=C3)nc(-c3ccccc3)c2)cc1. The third kappa shape index (κ3) is 3.46. The molecule has 122 valence electrons. The summed E-state index contributed by atoms with van der Waals surface area (Å²) in [5.41, 5.74) is 8.16. The van der Waals surface area contributed by atoms with Crippen LogP contribution in [0.5, 0.6) is 0 Å². The van der Waals surface area contributed by atoms with Gasteiger partial charge in [-0.3, -0.25) is 0 Å². The van der Waals surface area contributed by atoms with Crippen LogP contribution in [0.25, 0.3) is 28.0 Å². The van der Waals surface area contributed by atoms with Crippen LogP contribution in [0.3, 0.4) is 0 Å². The van der Waals surface area contributed by atoms with Gasteiger partial charge in [-0.2, -0.15) is 0 Å². The van der Waals surface area contributed by atoms with Crippen LogP contribution in [-0.2, 0) is 0 Å². The molecular weight excluding hydrogens is 302 g/mol. The van der Waals surface area contributed by atoms with Gasteiger partial charge < -0.3 is 0 Å². The molecule has 0 bridgehead atoms. The summed E-state index contributed by atoms with van der Waals surface area (Å²) in [7, 11) is 0. The maximum atomic E-state index is 4.95. The molecular formula is C24H21N. The molecule has 0 aliphatic heterocycles. The predicted octanol–water partition coefficient (Wildman–Crippen LogP) is 6.46. The summed E-state index contributed by atoms with van der Waals surface area (Å²) in [6.07, 6.45) is 8.92. The molecule has 1 aliphatic rings. The number of rotatable bonds is 3. The number of hydrogen-bond donors (Lipinski definition) is 0. The molecule has 4 rings (SSSR count). The third-order valence-electron chi connectivity index (χ3n) is 4.57. The fourth-order valence-corrected chi connectivity index (χ4v) is 3.15. The van der Waals surface area contributed by atoms with Crippen LogP contribution in [0.2, 0.25) is 0 Å². The van der Waals surface area contributed by atoms with Crippen LogP contribution < -0.4 is 0 Å². The van der Waals surface area contributed by atoms with E-state index in [0.29, 0.717) is 0 Å². The van der Waals surface area contributed by atoms with Crippen molar-refractivity contribution in [3.63, 3.8) is 0 Å². The highest BCUT2D eigenvalue weighted by Crippen LogP contribution is 2.30. The number of aromatic nitrogens is 1. The molecule has 0 atom stereocenters. The molecule has 2 aromatic carbocycles. The first-order chi connectivity index (χ1) is 12.3. The molecule has 0 saturated carbocycles. The minimum Gasteiger partial charge on any atom is -0.248 e. The van der Waals surface area contributed by atoms with E-state index >= 15 is 0 Å². The van der Waals surface area contributed by atoms with E-state index in [1.165, 1.54) is 22.3 Å². The second-order valence-electron chi connectivity index (χ2n) is 6.50. The van der Waals surface area contributed by atoms with Crippen molar-refractivity contribution in [2.45, 2.75) is 19.8 Å². The first kappa shape index (κ1) is 15.6. The Kier molecular flexibility index (Phi) is 4.30. The van der Waals surface area contributed by atoms with E-state index in [9.17, 15) is 0 Å². The minimum absolute atomic E-state index is 1.02. The first-order valence-electron chi connectivity index (χ1n) is 8.81. The highest BCUT2D eigenvalue weighted by atomic mass is 14.7. The largest absolute Gasteiger partial charge is 0.248 e. The van der Waals surface area contributed by atoms with Crippen LogP contribution in [-0.4, -0.2) is 4.98 Å². The second kappa shape index (κ2) is 6.90. The Morgan fingerprint density at radius 1 is 0.720 bits per heavy atom. The highest BCUT2D eigenvalue weighted by Gasteiger charge is 2.10. The Morgan fingerprint density at radius 3 is 2.20 bits per heavy atom. The van der Waals surface area contributed by atoms with Gasteiger partial charge in [0, 0.05) is 5.56 Å². The number of allylic oxidation sites excluding steroid dienone is 4. The quantitative estimate of drug-likeness (QED) is 0.539. The van der Waals surface area contributed by atoms with Gasteiger partial charge in [-0.1, -0.05) is 78.4 Å². The van der Waals surface area contributed by atoms with Gasteiger partial charge in [0.1, 0.15) is 0 Å². The average molecular weight is 323 g/mol. The highest BCUT2D eigenvalue weighted by molar-refractivity contribution is 5.79. The molecule has 0 amide bonds. The van der Waals surface area contributed by atoms with Crippen molar-refractivity contribution in [3.8, 4) is 22.4 Å². The van der Waals surface area contributed by atoms with Gasteiger partial charge in [-0.15, -0.1) is 0 Å². The van der Waals surface area contributed by atoms with E-state index in [1.807, 2.05) is 6.07 Å². The first-order valence-corrected chi connectivity index (χ1v) is 8.81. The topological polar surface area (TPSA) is 12.9 Å². The normalized spacial score (nSPS) is 13.6. The molecule has 0 fully saturated rings. The van der Waals surface area contributed by atoms with Crippen LogP contribution in [0.4, 0.5) is 0 Å². The maximum Gasteiger partial charge on any atom is 0.0715 e. The van der Waals surface area contributed by atoms with E-state index in [-0.39, 0.29) is 0 Å². The molecule has 0 unspecified atom stereocenters. The van der Waals surface area contributed by atoms with Crippen molar-refractivity contribution in [3.05, 3.63) is 96.2 Å². The molecule has 1 nitrogen and oxygen atoms in total. The lowest BCUT2D eigenvalue weighted by atomic mass is 9.97. The fraction of sp³-hybridized carbons (Fsp3) is 0.125. The summed E-state index contributed by atoms with van der Waals surface area (Å²) < 4.78 is 0. The van der Waals surface area contributed by atoms with E-state index < -0.39 is 0 Å². The van der Waals surface area contributed by atoms with Crippen molar-refractivity contribution < 1.29 is 0 Å². The van der Waals surface area contributed by atoms with Gasteiger partial charge in [0.15, 0.2) is 0 Å². The Bertz CT molecular complexity index is 932. The lowest BCUT2D eigenvalue weighted by Gasteiger charge is -2.12. The van der Waals surface area contributed by atoms with Crippen LogP contribution in [0.15, 0.2) is 85.0 Å². The molecule has 0 radical (unpaired) electrons. The van der Waals surface area contributed by atoms with Gasteiger partial charge in [0.05, 0.1) is 11.4 Å². The molecule has 1 heterocycles. The molecule has 0 N–H and O–H groups in total. The predicted molar refractivity (Wildman–Crippen MR) is 106 cm³/mol. The van der Waals surface area contributed by atoms with Crippen molar-refractivity contribution in [1.29, 1.82) is 0 Å². The van der Waals surface area contributed by atoms with Gasteiger partial charge in [0.2, 0.25) is 0 Å². The Hall–Kier alpha value is -2.93. The number of pyridine rings is 1. The van der Waals surface area contributed by atoms with Crippen molar-refractivity contribution in [2.24, 2.45) is 0 Å². The van der Waals surface area contributed by atoms with Crippen LogP contribution >= 0.6 is 0 Å². The molecule has 0 spiro atoms. The zero-order chi connectivity index (χ0) is 17.1. The molecule has 0 saturated heterocycles. The van der Waals surface area contributed by atoms with Crippen molar-refractivity contribution >= 4 is 5.57 Å². The molecule has 1 aliphatic carbocycles. The zero-order valence-electron chi connectivity index (χ0n) is 14.4. The lowest BCUT2D eigenvalue weighted by Crippen LogP contribution is -1.95. The smallest absolute Gasteiger partial charge is 0.0715 e. The Morgan fingerprint density at radius 2 is 1.48 bits per heavy atom. The van der Waals surface area contributed by atoms with Crippen molar-refractivity contribution in [1.82, 2.24) is 4.98 Å². The Labute approximate surface area is 149 Å². The van der Waals surface area contributed by atoms with Crippen LogP contribution in [0.1, 0.15) is 24.1 Å². The molecule has 25 heavy (non-hydrogen) atoms. The number of aryl methyl sites for hydroxylation is 1. The van der Waals surface area contributed by atoms with Gasteiger partial charge >= 0.3 is 0 Å². The van der Waals surface area contributed by atoms with Gasteiger partial charge in [-0.05, 0) is 48.6 Å². The number of benzene rings is 2. The molecule has 3 aromatic rings. The van der Waals surface area contributed by atoms with Crippen molar-refractivity contribution in [2.75, 3.05) is 0 Å². The minimum atomic E-state index is 1.02. The number of hydrogen-bond acceptors (Lipinski definition) is 1. The van der Waals surface area contributed by atoms with Gasteiger partial charge in [-0.25, -0.2) is 4.98 Å². The standard InChI is InChI=1S/C24H21N/c1-18-12-14-19(15-13-18)22-16-23(20-8-4-2-5-9-20)25-24(17-22)21-10-6-3-7-11-21/h2,4-6,8-17H,3,7H2,1H3. The van der Waals surface area contributed by atoms with E-state index in [0.717, 1.165) is 29.8 Å². The monoisotopic (exact) mass is 323 g/mol. The zero-order valence-corrected chi connectivity index (χ0v) is 14.4. The summed E-state index contributed by atoms with van der Waals surface area (Å²) in [4.78, 5) is 4.95. The van der Waals surface area contributed by atoms with E-state index in [1.54, 1.807) is 0 Å².